The monoisotopic (exact) mass is 283 g/mol. The van der Waals surface area contributed by atoms with Crippen molar-refractivity contribution in [1.29, 1.82) is 5.26 Å². The summed E-state index contributed by atoms with van der Waals surface area (Å²) in [6.07, 6.45) is 0.385. The van der Waals surface area contributed by atoms with Crippen molar-refractivity contribution in [3.05, 3.63) is 46.4 Å². The number of nitrogens with zero attached hydrogens (tertiary/aromatic N) is 4. The van der Waals surface area contributed by atoms with Crippen molar-refractivity contribution in [1.82, 2.24) is 15.3 Å². The molecule has 0 aliphatic rings. The molecular weight excluding hydrogens is 273 g/mol. The number of hydrogen-bond donors (Lipinski definition) is 1. The van der Waals surface area contributed by atoms with E-state index in [1.807, 2.05) is 0 Å². The summed E-state index contributed by atoms with van der Waals surface area (Å²) in [5.74, 6) is -0.552. The van der Waals surface area contributed by atoms with Gasteiger partial charge in [0.15, 0.2) is 5.52 Å². The first-order chi connectivity index (χ1) is 10.1. The number of nitrogens with two attached hydrogens (primary N) is 1. The molecule has 1 aromatic carbocycles. The Morgan fingerprint density at radius 3 is 2.90 bits per heavy atom. The van der Waals surface area contributed by atoms with Crippen molar-refractivity contribution in [3.8, 4) is 6.07 Å². The predicted molar refractivity (Wildman–Crippen MR) is 72.7 cm³/mol. The van der Waals surface area contributed by atoms with Crippen molar-refractivity contribution in [2.24, 2.45) is 0 Å². The van der Waals surface area contributed by atoms with Crippen LogP contribution in [0.4, 0.5) is 10.1 Å². The van der Waals surface area contributed by atoms with E-state index in [0.717, 1.165) is 5.56 Å². The molecule has 3 aromatic rings. The first-order valence-corrected chi connectivity index (χ1v) is 6.16. The third-order valence-electron chi connectivity index (χ3n) is 3.30. The summed E-state index contributed by atoms with van der Waals surface area (Å²) in [7, 11) is 0. The molecule has 0 aliphatic carbocycles. The Kier molecular flexibility index (Phi) is 2.99. The molecule has 0 atom stereocenters. The highest BCUT2D eigenvalue weighted by molar-refractivity contribution is 5.85. The minimum absolute atomic E-state index is 0.0118. The SMILES string of the molecule is Cc1nc2nonc2c(N)c1Cc1ccc(C#N)c(F)c1. The lowest BCUT2D eigenvalue weighted by Gasteiger charge is -2.09. The Morgan fingerprint density at radius 2 is 2.19 bits per heavy atom. The lowest BCUT2D eigenvalue weighted by molar-refractivity contribution is 0.315. The fourth-order valence-electron chi connectivity index (χ4n) is 2.18. The van der Waals surface area contributed by atoms with Crippen molar-refractivity contribution < 1.29 is 9.02 Å². The predicted octanol–water partition coefficient (Wildman–Crippen LogP) is 2.11. The van der Waals surface area contributed by atoms with Gasteiger partial charge in [-0.3, -0.25) is 0 Å². The van der Waals surface area contributed by atoms with Crippen LogP contribution in [0.3, 0.4) is 0 Å². The van der Waals surface area contributed by atoms with E-state index in [1.165, 1.54) is 12.1 Å². The average Bonchev–Trinajstić information content (AvgIpc) is 2.92. The van der Waals surface area contributed by atoms with Gasteiger partial charge in [-0.05, 0) is 34.9 Å². The van der Waals surface area contributed by atoms with Gasteiger partial charge < -0.3 is 5.73 Å². The molecule has 0 spiro atoms. The summed E-state index contributed by atoms with van der Waals surface area (Å²) in [6, 6.07) is 6.24. The summed E-state index contributed by atoms with van der Waals surface area (Å²) in [5, 5.41) is 16.1. The number of aryl methyl sites for hydroxylation is 1. The average molecular weight is 283 g/mol. The highest BCUT2D eigenvalue weighted by Crippen LogP contribution is 2.26. The Hall–Kier alpha value is -3.01. The van der Waals surface area contributed by atoms with Gasteiger partial charge in [0, 0.05) is 17.7 Å². The maximum atomic E-state index is 13.7. The molecule has 0 unspecified atom stereocenters. The number of aromatic nitrogens is 3. The molecule has 7 heteroatoms. The minimum atomic E-state index is -0.552. The van der Waals surface area contributed by atoms with Crippen molar-refractivity contribution >= 4 is 16.9 Å². The molecule has 0 radical (unpaired) electrons. The maximum Gasteiger partial charge on any atom is 0.226 e. The summed E-state index contributed by atoms with van der Waals surface area (Å²) in [6.45, 7) is 1.79. The van der Waals surface area contributed by atoms with E-state index in [2.05, 4.69) is 19.9 Å². The van der Waals surface area contributed by atoms with Gasteiger partial charge in [0.05, 0.1) is 11.3 Å². The van der Waals surface area contributed by atoms with Gasteiger partial charge in [0.2, 0.25) is 5.65 Å². The molecule has 3 rings (SSSR count). The molecule has 0 aliphatic heterocycles. The molecule has 21 heavy (non-hydrogen) atoms. The first-order valence-electron chi connectivity index (χ1n) is 6.16. The third kappa shape index (κ3) is 2.17. The van der Waals surface area contributed by atoms with Gasteiger partial charge in [-0.25, -0.2) is 14.0 Å². The molecule has 0 bridgehead atoms. The number of nitriles is 1. The second-order valence-corrected chi connectivity index (χ2v) is 4.63. The van der Waals surface area contributed by atoms with Crippen LogP contribution >= 0.6 is 0 Å². The van der Waals surface area contributed by atoms with Gasteiger partial charge in [-0.1, -0.05) is 6.07 Å². The van der Waals surface area contributed by atoms with Gasteiger partial charge in [-0.15, -0.1) is 0 Å². The van der Waals surface area contributed by atoms with Crippen LogP contribution in [0, 0.1) is 24.1 Å². The van der Waals surface area contributed by atoms with Gasteiger partial charge in [0.25, 0.3) is 0 Å². The number of halogens is 1. The molecule has 6 nitrogen and oxygen atoms in total. The van der Waals surface area contributed by atoms with Gasteiger partial charge >= 0.3 is 0 Å². The number of fused-ring (bicyclic) bond motifs is 1. The minimum Gasteiger partial charge on any atom is -0.396 e. The highest BCUT2D eigenvalue weighted by Gasteiger charge is 2.15. The molecular formula is C14H10FN5O. The normalized spacial score (nSPS) is 10.7. The smallest absolute Gasteiger partial charge is 0.226 e. The van der Waals surface area contributed by atoms with Crippen LogP contribution in [0.15, 0.2) is 22.8 Å². The number of benzene rings is 1. The van der Waals surface area contributed by atoms with E-state index in [0.29, 0.717) is 34.5 Å². The van der Waals surface area contributed by atoms with Crippen LogP contribution in [0.2, 0.25) is 0 Å². The van der Waals surface area contributed by atoms with Gasteiger partial charge in [-0.2, -0.15) is 5.26 Å². The van der Waals surface area contributed by atoms with Crippen molar-refractivity contribution in [2.75, 3.05) is 5.73 Å². The number of rotatable bonds is 2. The molecule has 0 saturated carbocycles. The zero-order valence-electron chi connectivity index (χ0n) is 11.1. The molecule has 104 valence electrons. The lowest BCUT2D eigenvalue weighted by Crippen LogP contribution is -2.03. The molecule has 0 fully saturated rings. The largest absolute Gasteiger partial charge is 0.396 e. The first kappa shape index (κ1) is 13.0. The van der Waals surface area contributed by atoms with Crippen LogP contribution < -0.4 is 5.73 Å². The number of nitrogen functional groups attached to an aromatic ring is 1. The quantitative estimate of drug-likeness (QED) is 0.772. The van der Waals surface area contributed by atoms with Crippen LogP contribution in [0.1, 0.15) is 22.4 Å². The Labute approximate surface area is 119 Å². The summed E-state index contributed by atoms with van der Waals surface area (Å²) < 4.78 is 18.3. The second-order valence-electron chi connectivity index (χ2n) is 4.63. The van der Waals surface area contributed by atoms with E-state index in [-0.39, 0.29) is 5.56 Å². The van der Waals surface area contributed by atoms with Crippen LogP contribution in [0.25, 0.3) is 11.2 Å². The second kappa shape index (κ2) is 4.83. The van der Waals surface area contributed by atoms with Crippen molar-refractivity contribution in [2.45, 2.75) is 13.3 Å². The topological polar surface area (TPSA) is 102 Å². The molecule has 0 amide bonds. The zero-order chi connectivity index (χ0) is 15.0. The summed E-state index contributed by atoms with van der Waals surface area (Å²) in [5.41, 5.74) is 9.34. The van der Waals surface area contributed by atoms with Gasteiger partial charge in [0.1, 0.15) is 11.9 Å². The summed E-state index contributed by atoms with van der Waals surface area (Å²) >= 11 is 0. The number of pyridine rings is 1. The third-order valence-corrected chi connectivity index (χ3v) is 3.30. The van der Waals surface area contributed by atoms with E-state index in [1.54, 1.807) is 19.1 Å². The number of anilines is 1. The highest BCUT2D eigenvalue weighted by atomic mass is 19.1. The van der Waals surface area contributed by atoms with Crippen LogP contribution in [-0.2, 0) is 6.42 Å². The Morgan fingerprint density at radius 1 is 1.38 bits per heavy atom. The van der Waals surface area contributed by atoms with E-state index >= 15 is 0 Å². The number of hydrogen-bond acceptors (Lipinski definition) is 6. The fraction of sp³-hybridized carbons (Fsp3) is 0.143. The molecule has 0 saturated heterocycles. The van der Waals surface area contributed by atoms with Crippen molar-refractivity contribution in [3.63, 3.8) is 0 Å². The Balaban J connectivity index is 2.05. The van der Waals surface area contributed by atoms with E-state index < -0.39 is 5.82 Å². The van der Waals surface area contributed by atoms with E-state index in [4.69, 9.17) is 11.0 Å². The molecule has 2 aromatic heterocycles. The standard InChI is InChI=1S/C14H10FN5O/c1-7-10(12(17)13-14(18-7)20-21-19-13)4-8-2-3-9(6-16)11(15)5-8/h2-3,5H,4,17H2,1H3. The fourth-order valence-corrected chi connectivity index (χ4v) is 2.18. The lowest BCUT2D eigenvalue weighted by atomic mass is 10.0. The van der Waals surface area contributed by atoms with Crippen LogP contribution in [0.5, 0.6) is 0 Å². The Bertz CT molecular complexity index is 881. The van der Waals surface area contributed by atoms with Crippen LogP contribution in [-0.4, -0.2) is 15.3 Å². The zero-order valence-corrected chi connectivity index (χ0v) is 11.1. The molecule has 2 N–H and O–H groups in total. The van der Waals surface area contributed by atoms with E-state index in [9.17, 15) is 4.39 Å². The summed E-state index contributed by atoms with van der Waals surface area (Å²) in [4.78, 5) is 4.26. The molecule has 2 heterocycles. The maximum absolute atomic E-state index is 13.7.